The smallest absolute Gasteiger partial charge is 0.296 e. The van der Waals surface area contributed by atoms with Crippen LogP contribution in [0.4, 0.5) is 11.4 Å². The maximum atomic E-state index is 12.6. The third kappa shape index (κ3) is 3.83. The Bertz CT molecular complexity index is 1120. The summed E-state index contributed by atoms with van der Waals surface area (Å²) < 4.78 is 6.41. The van der Waals surface area contributed by atoms with Gasteiger partial charge in [-0.15, -0.1) is 0 Å². The summed E-state index contributed by atoms with van der Waals surface area (Å²) in [6, 6.07) is 9.39. The summed E-state index contributed by atoms with van der Waals surface area (Å²) in [7, 11) is 0. The molecule has 1 amide bonds. The molecule has 0 fully saturated rings. The summed E-state index contributed by atoms with van der Waals surface area (Å²) in [6.45, 7) is 3.65. The van der Waals surface area contributed by atoms with Crippen LogP contribution in [0.5, 0.6) is 5.75 Å². The van der Waals surface area contributed by atoms with Crippen LogP contribution in [0, 0.1) is 17.0 Å². The van der Waals surface area contributed by atoms with Gasteiger partial charge in [0.25, 0.3) is 11.2 Å². The topological polar surface area (TPSA) is 116 Å². The van der Waals surface area contributed by atoms with Gasteiger partial charge in [0.05, 0.1) is 34.8 Å². The van der Waals surface area contributed by atoms with Crippen molar-refractivity contribution < 1.29 is 14.5 Å². The standard InChI is InChI=1S/C19H18N4O5/c1-3-28-13-7-8-15(16(9-13)23(26)27)21-17(24)10-22-11-20-18-12(2)5-4-6-14(18)19(22)25/h4-9,11H,3,10H2,1-2H3,(H,21,24). The number of nitro benzene ring substituents is 1. The first-order valence-electron chi connectivity index (χ1n) is 8.56. The van der Waals surface area contributed by atoms with E-state index < -0.39 is 10.8 Å². The Labute approximate surface area is 159 Å². The zero-order valence-corrected chi connectivity index (χ0v) is 15.3. The van der Waals surface area contributed by atoms with E-state index >= 15 is 0 Å². The van der Waals surface area contributed by atoms with E-state index in [-0.39, 0.29) is 23.5 Å². The number of rotatable bonds is 6. The monoisotopic (exact) mass is 382 g/mol. The maximum Gasteiger partial charge on any atom is 0.296 e. The summed E-state index contributed by atoms with van der Waals surface area (Å²) in [5, 5.41) is 14.2. The predicted octanol–water partition coefficient (Wildman–Crippen LogP) is 2.65. The average Bonchev–Trinajstić information content (AvgIpc) is 2.66. The molecular formula is C19H18N4O5. The number of hydrogen-bond donors (Lipinski definition) is 1. The van der Waals surface area contributed by atoms with Crippen LogP contribution in [0.25, 0.3) is 10.9 Å². The number of benzene rings is 2. The molecule has 0 aliphatic rings. The van der Waals surface area contributed by atoms with Crippen LogP contribution in [-0.4, -0.2) is 27.0 Å². The summed E-state index contributed by atoms with van der Waals surface area (Å²) in [4.78, 5) is 39.9. The SMILES string of the molecule is CCOc1ccc(NC(=O)Cn2cnc3c(C)cccc3c2=O)c([N+](=O)[O-])c1. The van der Waals surface area contributed by atoms with E-state index in [0.29, 0.717) is 23.3 Å². The molecule has 1 heterocycles. The number of fused-ring (bicyclic) bond motifs is 1. The molecule has 0 spiro atoms. The molecule has 0 saturated carbocycles. The van der Waals surface area contributed by atoms with Crippen molar-refractivity contribution in [3.8, 4) is 5.75 Å². The summed E-state index contributed by atoms with van der Waals surface area (Å²) in [5.41, 5.74) is 0.808. The molecule has 3 aromatic rings. The molecular weight excluding hydrogens is 364 g/mol. The van der Waals surface area contributed by atoms with Gasteiger partial charge in [0.15, 0.2) is 0 Å². The molecule has 2 aromatic carbocycles. The summed E-state index contributed by atoms with van der Waals surface area (Å²) in [6.07, 6.45) is 1.30. The molecule has 1 N–H and O–H groups in total. The highest BCUT2D eigenvalue weighted by molar-refractivity contribution is 5.93. The molecule has 1 aromatic heterocycles. The minimum Gasteiger partial charge on any atom is -0.494 e. The van der Waals surface area contributed by atoms with Crippen LogP contribution in [0.2, 0.25) is 0 Å². The number of nitrogens with one attached hydrogen (secondary N) is 1. The number of para-hydroxylation sites is 1. The van der Waals surface area contributed by atoms with Crippen molar-refractivity contribution in [2.45, 2.75) is 20.4 Å². The van der Waals surface area contributed by atoms with Crippen LogP contribution < -0.4 is 15.6 Å². The van der Waals surface area contributed by atoms with E-state index in [1.165, 1.54) is 24.5 Å². The quantitative estimate of drug-likeness (QED) is 0.517. The zero-order valence-electron chi connectivity index (χ0n) is 15.3. The third-order valence-electron chi connectivity index (χ3n) is 4.12. The number of carbonyl (C=O) groups is 1. The Balaban J connectivity index is 1.85. The second kappa shape index (κ2) is 7.87. The van der Waals surface area contributed by atoms with Gasteiger partial charge in [-0.3, -0.25) is 24.3 Å². The highest BCUT2D eigenvalue weighted by Gasteiger charge is 2.18. The molecule has 0 radical (unpaired) electrons. The summed E-state index contributed by atoms with van der Waals surface area (Å²) in [5.74, 6) is -0.249. The number of ether oxygens (including phenoxy) is 1. The minimum atomic E-state index is -0.606. The number of carbonyl (C=O) groups excluding carboxylic acids is 1. The van der Waals surface area contributed by atoms with Crippen molar-refractivity contribution >= 4 is 28.2 Å². The highest BCUT2D eigenvalue weighted by atomic mass is 16.6. The number of nitro groups is 1. The maximum absolute atomic E-state index is 12.6. The molecule has 9 heteroatoms. The summed E-state index contributed by atoms with van der Waals surface area (Å²) >= 11 is 0. The Hall–Kier alpha value is -3.75. The van der Waals surface area contributed by atoms with E-state index in [1.54, 1.807) is 19.1 Å². The first kappa shape index (κ1) is 19.0. The predicted molar refractivity (Wildman–Crippen MR) is 104 cm³/mol. The molecule has 144 valence electrons. The van der Waals surface area contributed by atoms with Crippen LogP contribution in [0.1, 0.15) is 12.5 Å². The lowest BCUT2D eigenvalue weighted by Gasteiger charge is -2.10. The fourth-order valence-corrected chi connectivity index (χ4v) is 2.82. The average molecular weight is 382 g/mol. The Morgan fingerprint density at radius 2 is 2.11 bits per heavy atom. The fraction of sp³-hybridized carbons (Fsp3) is 0.211. The van der Waals surface area contributed by atoms with Gasteiger partial charge in [-0.2, -0.15) is 0 Å². The van der Waals surface area contributed by atoms with E-state index in [2.05, 4.69) is 10.3 Å². The van der Waals surface area contributed by atoms with E-state index in [4.69, 9.17) is 4.74 Å². The van der Waals surface area contributed by atoms with Gasteiger partial charge < -0.3 is 10.1 Å². The van der Waals surface area contributed by atoms with Crippen LogP contribution in [-0.2, 0) is 11.3 Å². The molecule has 0 aliphatic heterocycles. The van der Waals surface area contributed by atoms with Crippen molar-refractivity contribution in [2.75, 3.05) is 11.9 Å². The molecule has 9 nitrogen and oxygen atoms in total. The van der Waals surface area contributed by atoms with Gasteiger partial charge in [0.2, 0.25) is 5.91 Å². The van der Waals surface area contributed by atoms with Gasteiger partial charge in [-0.25, -0.2) is 4.98 Å². The van der Waals surface area contributed by atoms with Crippen molar-refractivity contribution in [3.05, 3.63) is 68.8 Å². The van der Waals surface area contributed by atoms with Crippen molar-refractivity contribution in [2.24, 2.45) is 0 Å². The first-order valence-corrected chi connectivity index (χ1v) is 8.56. The lowest BCUT2D eigenvalue weighted by atomic mass is 10.1. The Kier molecular flexibility index (Phi) is 5.35. The third-order valence-corrected chi connectivity index (χ3v) is 4.12. The largest absolute Gasteiger partial charge is 0.494 e. The van der Waals surface area contributed by atoms with Crippen LogP contribution in [0.15, 0.2) is 47.5 Å². The van der Waals surface area contributed by atoms with Gasteiger partial charge in [0, 0.05) is 0 Å². The van der Waals surface area contributed by atoms with Gasteiger partial charge in [-0.05, 0) is 37.6 Å². The van der Waals surface area contributed by atoms with Crippen LogP contribution >= 0.6 is 0 Å². The number of aromatic nitrogens is 2. The number of nitrogens with zero attached hydrogens (tertiary/aromatic N) is 3. The zero-order chi connectivity index (χ0) is 20.3. The van der Waals surface area contributed by atoms with Gasteiger partial charge in [-0.1, -0.05) is 12.1 Å². The molecule has 0 saturated heterocycles. The van der Waals surface area contributed by atoms with Crippen molar-refractivity contribution in [1.29, 1.82) is 0 Å². The second-order valence-electron chi connectivity index (χ2n) is 6.07. The Morgan fingerprint density at radius 3 is 2.82 bits per heavy atom. The molecule has 0 unspecified atom stereocenters. The van der Waals surface area contributed by atoms with E-state index in [0.717, 1.165) is 10.1 Å². The molecule has 0 atom stereocenters. The first-order chi connectivity index (χ1) is 13.4. The van der Waals surface area contributed by atoms with Crippen molar-refractivity contribution in [1.82, 2.24) is 9.55 Å². The minimum absolute atomic E-state index is 0.0242. The molecule has 0 bridgehead atoms. The number of amides is 1. The van der Waals surface area contributed by atoms with E-state index in [1.807, 2.05) is 13.0 Å². The number of aryl methyl sites for hydroxylation is 1. The number of anilines is 1. The fourth-order valence-electron chi connectivity index (χ4n) is 2.82. The molecule has 3 rings (SSSR count). The highest BCUT2D eigenvalue weighted by Crippen LogP contribution is 2.29. The lowest BCUT2D eigenvalue weighted by Crippen LogP contribution is -2.28. The molecule has 0 aliphatic carbocycles. The van der Waals surface area contributed by atoms with Gasteiger partial charge >= 0.3 is 0 Å². The van der Waals surface area contributed by atoms with Crippen LogP contribution in [0.3, 0.4) is 0 Å². The number of hydrogen-bond acceptors (Lipinski definition) is 6. The van der Waals surface area contributed by atoms with E-state index in [9.17, 15) is 19.7 Å². The second-order valence-corrected chi connectivity index (χ2v) is 6.07. The normalized spacial score (nSPS) is 10.6. The Morgan fingerprint density at radius 1 is 1.32 bits per heavy atom. The van der Waals surface area contributed by atoms with Crippen molar-refractivity contribution in [3.63, 3.8) is 0 Å². The van der Waals surface area contributed by atoms with Gasteiger partial charge in [0.1, 0.15) is 18.0 Å². The molecule has 28 heavy (non-hydrogen) atoms. The lowest BCUT2D eigenvalue weighted by molar-refractivity contribution is -0.384.